The molecule has 1 amide bonds. The SMILES string of the molecule is CCCN(CC(=O)c1ccc(CC)cc1)CC(=O)N(C)C. The van der Waals surface area contributed by atoms with Crippen LogP contribution in [0.4, 0.5) is 0 Å². The van der Waals surface area contributed by atoms with Crippen molar-refractivity contribution >= 4 is 11.7 Å². The molecule has 0 atom stereocenters. The molecule has 4 nitrogen and oxygen atoms in total. The summed E-state index contributed by atoms with van der Waals surface area (Å²) in [6.45, 7) is 5.47. The molecule has 0 bridgehead atoms. The molecule has 116 valence electrons. The highest BCUT2D eigenvalue weighted by Gasteiger charge is 2.16. The van der Waals surface area contributed by atoms with Gasteiger partial charge in [0.15, 0.2) is 5.78 Å². The fourth-order valence-electron chi connectivity index (χ4n) is 2.08. The quantitative estimate of drug-likeness (QED) is 0.689. The van der Waals surface area contributed by atoms with Gasteiger partial charge in [0.2, 0.25) is 5.91 Å². The highest BCUT2D eigenvalue weighted by molar-refractivity contribution is 5.97. The molecule has 4 heteroatoms. The molecule has 0 unspecified atom stereocenters. The first-order valence-corrected chi connectivity index (χ1v) is 7.52. The maximum atomic E-state index is 12.3. The van der Waals surface area contributed by atoms with E-state index in [1.807, 2.05) is 36.1 Å². The Balaban J connectivity index is 2.68. The van der Waals surface area contributed by atoms with Crippen molar-refractivity contribution < 1.29 is 9.59 Å². The predicted molar refractivity (Wildman–Crippen MR) is 85.6 cm³/mol. The first kappa shape index (κ1) is 17.4. The highest BCUT2D eigenvalue weighted by Crippen LogP contribution is 2.07. The lowest BCUT2D eigenvalue weighted by Crippen LogP contribution is -2.39. The smallest absolute Gasteiger partial charge is 0.236 e. The number of ketones is 1. The zero-order chi connectivity index (χ0) is 15.8. The molecule has 1 aromatic rings. The van der Waals surface area contributed by atoms with E-state index < -0.39 is 0 Å². The molecular weight excluding hydrogens is 264 g/mol. The van der Waals surface area contributed by atoms with Gasteiger partial charge in [0.05, 0.1) is 13.1 Å². The molecule has 0 heterocycles. The van der Waals surface area contributed by atoms with Crippen molar-refractivity contribution in [1.82, 2.24) is 9.80 Å². The second kappa shape index (κ2) is 8.57. The summed E-state index contributed by atoms with van der Waals surface area (Å²) in [6, 6.07) is 7.73. The summed E-state index contributed by atoms with van der Waals surface area (Å²) in [6.07, 6.45) is 1.89. The lowest BCUT2D eigenvalue weighted by atomic mass is 10.1. The third kappa shape index (κ3) is 5.68. The van der Waals surface area contributed by atoms with Crippen LogP contribution in [0.15, 0.2) is 24.3 Å². The van der Waals surface area contributed by atoms with E-state index in [1.54, 1.807) is 19.0 Å². The topological polar surface area (TPSA) is 40.6 Å². The summed E-state index contributed by atoms with van der Waals surface area (Å²) in [5.41, 5.74) is 1.94. The van der Waals surface area contributed by atoms with E-state index in [0.717, 1.165) is 19.4 Å². The van der Waals surface area contributed by atoms with Crippen LogP contribution in [-0.4, -0.2) is 55.2 Å². The van der Waals surface area contributed by atoms with Gasteiger partial charge < -0.3 is 4.90 Å². The van der Waals surface area contributed by atoms with E-state index in [1.165, 1.54) is 5.56 Å². The molecule has 0 saturated carbocycles. The second-order valence-electron chi connectivity index (χ2n) is 5.47. The first-order valence-electron chi connectivity index (χ1n) is 7.52. The van der Waals surface area contributed by atoms with Gasteiger partial charge in [-0.05, 0) is 24.9 Å². The lowest BCUT2D eigenvalue weighted by molar-refractivity contribution is -0.129. The Morgan fingerprint density at radius 3 is 2.10 bits per heavy atom. The number of carbonyl (C=O) groups is 2. The molecule has 21 heavy (non-hydrogen) atoms. The Hall–Kier alpha value is -1.68. The Kier molecular flexibility index (Phi) is 7.09. The van der Waals surface area contributed by atoms with Gasteiger partial charge in [-0.1, -0.05) is 38.1 Å². The lowest BCUT2D eigenvalue weighted by Gasteiger charge is -2.22. The van der Waals surface area contributed by atoms with Crippen LogP contribution in [-0.2, 0) is 11.2 Å². The average Bonchev–Trinajstić information content (AvgIpc) is 2.47. The molecule has 0 radical (unpaired) electrons. The van der Waals surface area contributed by atoms with E-state index in [9.17, 15) is 9.59 Å². The number of amides is 1. The van der Waals surface area contributed by atoms with Gasteiger partial charge in [0.25, 0.3) is 0 Å². The average molecular weight is 290 g/mol. The Morgan fingerprint density at radius 1 is 1.00 bits per heavy atom. The van der Waals surface area contributed by atoms with Crippen molar-refractivity contribution in [2.75, 3.05) is 33.7 Å². The molecule has 1 rings (SSSR count). The molecule has 0 aliphatic carbocycles. The molecule has 0 saturated heterocycles. The van der Waals surface area contributed by atoms with Crippen molar-refractivity contribution in [2.45, 2.75) is 26.7 Å². The van der Waals surface area contributed by atoms with E-state index in [-0.39, 0.29) is 11.7 Å². The maximum absolute atomic E-state index is 12.3. The van der Waals surface area contributed by atoms with Crippen LogP contribution in [0.2, 0.25) is 0 Å². The number of nitrogens with zero attached hydrogens (tertiary/aromatic N) is 2. The number of carbonyl (C=O) groups excluding carboxylic acids is 2. The van der Waals surface area contributed by atoms with Gasteiger partial charge in [0.1, 0.15) is 0 Å². The van der Waals surface area contributed by atoms with E-state index >= 15 is 0 Å². The summed E-state index contributed by atoms with van der Waals surface area (Å²) >= 11 is 0. The van der Waals surface area contributed by atoms with Gasteiger partial charge in [0, 0.05) is 19.7 Å². The van der Waals surface area contributed by atoms with Crippen molar-refractivity contribution in [3.05, 3.63) is 35.4 Å². The number of benzene rings is 1. The number of Topliss-reactive ketones (excluding diaryl/α,β-unsaturated/α-hetero) is 1. The van der Waals surface area contributed by atoms with Crippen LogP contribution >= 0.6 is 0 Å². The fourth-order valence-corrected chi connectivity index (χ4v) is 2.08. The van der Waals surface area contributed by atoms with Crippen LogP contribution in [0.3, 0.4) is 0 Å². The summed E-state index contributed by atoms with van der Waals surface area (Å²) in [5, 5.41) is 0. The number of hydrogen-bond donors (Lipinski definition) is 0. The number of rotatable bonds is 8. The van der Waals surface area contributed by atoms with Gasteiger partial charge >= 0.3 is 0 Å². The predicted octanol–water partition coefficient (Wildman–Crippen LogP) is 2.23. The van der Waals surface area contributed by atoms with Crippen LogP contribution in [0.5, 0.6) is 0 Å². The maximum Gasteiger partial charge on any atom is 0.236 e. The van der Waals surface area contributed by atoms with E-state index in [0.29, 0.717) is 18.7 Å². The van der Waals surface area contributed by atoms with Crippen molar-refractivity contribution in [2.24, 2.45) is 0 Å². The Morgan fingerprint density at radius 2 is 1.62 bits per heavy atom. The van der Waals surface area contributed by atoms with Crippen LogP contribution in [0.1, 0.15) is 36.2 Å². The van der Waals surface area contributed by atoms with Crippen LogP contribution < -0.4 is 0 Å². The molecular formula is C17H26N2O2. The Bertz CT molecular complexity index is 466. The minimum absolute atomic E-state index is 0.0255. The monoisotopic (exact) mass is 290 g/mol. The number of hydrogen-bond acceptors (Lipinski definition) is 3. The molecule has 1 aromatic carbocycles. The number of aryl methyl sites for hydroxylation is 1. The molecule has 0 aromatic heterocycles. The van der Waals surface area contributed by atoms with Crippen molar-refractivity contribution in [3.63, 3.8) is 0 Å². The molecule has 0 aliphatic rings. The minimum atomic E-state index is 0.0255. The molecule has 0 fully saturated rings. The largest absolute Gasteiger partial charge is 0.348 e. The zero-order valence-electron chi connectivity index (χ0n) is 13.6. The summed E-state index contributed by atoms with van der Waals surface area (Å²) in [4.78, 5) is 27.6. The minimum Gasteiger partial charge on any atom is -0.348 e. The van der Waals surface area contributed by atoms with Crippen molar-refractivity contribution in [3.8, 4) is 0 Å². The normalized spacial score (nSPS) is 10.7. The second-order valence-corrected chi connectivity index (χ2v) is 5.47. The van der Waals surface area contributed by atoms with Gasteiger partial charge in [-0.3, -0.25) is 14.5 Å². The van der Waals surface area contributed by atoms with Crippen molar-refractivity contribution in [1.29, 1.82) is 0 Å². The van der Waals surface area contributed by atoms with Crippen LogP contribution in [0, 0.1) is 0 Å². The third-order valence-corrected chi connectivity index (χ3v) is 3.45. The van der Waals surface area contributed by atoms with Gasteiger partial charge in [-0.25, -0.2) is 0 Å². The Labute approximate surface area is 127 Å². The molecule has 0 aliphatic heterocycles. The number of likely N-dealkylation sites (N-methyl/N-ethyl adjacent to an activating group) is 1. The first-order chi connectivity index (χ1) is 9.97. The summed E-state index contributed by atoms with van der Waals surface area (Å²) in [7, 11) is 3.47. The van der Waals surface area contributed by atoms with Crippen LogP contribution in [0.25, 0.3) is 0 Å². The third-order valence-electron chi connectivity index (χ3n) is 3.45. The highest BCUT2D eigenvalue weighted by atomic mass is 16.2. The molecule has 0 spiro atoms. The van der Waals surface area contributed by atoms with Gasteiger partial charge in [-0.2, -0.15) is 0 Å². The van der Waals surface area contributed by atoms with E-state index in [2.05, 4.69) is 6.92 Å². The fraction of sp³-hybridized carbons (Fsp3) is 0.529. The van der Waals surface area contributed by atoms with Gasteiger partial charge in [-0.15, -0.1) is 0 Å². The summed E-state index contributed by atoms with van der Waals surface area (Å²) in [5.74, 6) is 0.0928. The molecule has 0 N–H and O–H groups in total. The zero-order valence-corrected chi connectivity index (χ0v) is 13.6. The summed E-state index contributed by atoms with van der Waals surface area (Å²) < 4.78 is 0. The standard InChI is InChI=1S/C17H26N2O2/c1-5-11-19(13-17(21)18(3)4)12-16(20)15-9-7-14(6-2)8-10-15/h7-10H,5-6,11-13H2,1-4H3. The van der Waals surface area contributed by atoms with E-state index in [4.69, 9.17) is 0 Å².